The molecule has 132 valence electrons. The van der Waals surface area contributed by atoms with Gasteiger partial charge >= 0.3 is 0 Å². The van der Waals surface area contributed by atoms with E-state index in [4.69, 9.17) is 4.74 Å². The largest absolute Gasteiger partial charge is 0.496 e. The highest BCUT2D eigenvalue weighted by molar-refractivity contribution is 5.90. The standard InChI is InChI=1S/C18H27N3O3/c1-14(22)19-18(2,3)17(23)21-11-9-20(10-12-21)13-15-7-5-6-8-16(15)24-4/h5-8H,9-13H2,1-4H3,(H,19,22). The summed E-state index contributed by atoms with van der Waals surface area (Å²) in [7, 11) is 1.68. The fraction of sp³-hybridized carbons (Fsp3) is 0.556. The van der Waals surface area contributed by atoms with Gasteiger partial charge in [0.25, 0.3) is 0 Å². The predicted octanol–water partition coefficient (Wildman–Crippen LogP) is 1.25. The van der Waals surface area contributed by atoms with Crippen LogP contribution in [-0.2, 0) is 16.1 Å². The molecule has 2 rings (SSSR count). The number of benzene rings is 1. The van der Waals surface area contributed by atoms with Crippen molar-refractivity contribution in [3.8, 4) is 5.75 Å². The number of piperazine rings is 1. The fourth-order valence-corrected chi connectivity index (χ4v) is 3.07. The van der Waals surface area contributed by atoms with Crippen LogP contribution in [0.4, 0.5) is 0 Å². The van der Waals surface area contributed by atoms with Crippen LogP contribution < -0.4 is 10.1 Å². The van der Waals surface area contributed by atoms with Gasteiger partial charge in [-0.1, -0.05) is 18.2 Å². The van der Waals surface area contributed by atoms with Crippen LogP contribution in [-0.4, -0.2) is 60.4 Å². The maximum atomic E-state index is 12.6. The Morgan fingerprint density at radius 2 is 1.79 bits per heavy atom. The van der Waals surface area contributed by atoms with Crippen molar-refractivity contribution in [3.63, 3.8) is 0 Å². The van der Waals surface area contributed by atoms with Crippen molar-refractivity contribution in [1.29, 1.82) is 0 Å². The van der Waals surface area contributed by atoms with Gasteiger partial charge in [-0.3, -0.25) is 14.5 Å². The number of para-hydroxylation sites is 1. The first-order chi connectivity index (χ1) is 11.3. The lowest BCUT2D eigenvalue weighted by Gasteiger charge is -2.38. The Bertz CT molecular complexity index is 593. The predicted molar refractivity (Wildman–Crippen MR) is 92.7 cm³/mol. The number of ether oxygens (including phenoxy) is 1. The van der Waals surface area contributed by atoms with Crippen LogP contribution >= 0.6 is 0 Å². The quantitative estimate of drug-likeness (QED) is 0.881. The topological polar surface area (TPSA) is 61.9 Å². The summed E-state index contributed by atoms with van der Waals surface area (Å²) in [5.74, 6) is 0.667. The minimum absolute atomic E-state index is 0.0327. The van der Waals surface area contributed by atoms with Gasteiger partial charge in [0.05, 0.1) is 7.11 Å². The van der Waals surface area contributed by atoms with Gasteiger partial charge in [0, 0.05) is 45.2 Å². The monoisotopic (exact) mass is 333 g/mol. The lowest BCUT2D eigenvalue weighted by Crippen LogP contribution is -2.59. The van der Waals surface area contributed by atoms with E-state index in [1.807, 2.05) is 23.1 Å². The summed E-state index contributed by atoms with van der Waals surface area (Å²) >= 11 is 0. The summed E-state index contributed by atoms with van der Waals surface area (Å²) in [4.78, 5) is 28.0. The zero-order valence-electron chi connectivity index (χ0n) is 15.0. The molecule has 6 heteroatoms. The Morgan fingerprint density at radius 3 is 2.38 bits per heavy atom. The molecule has 1 saturated heterocycles. The lowest BCUT2D eigenvalue weighted by molar-refractivity contribution is -0.141. The van der Waals surface area contributed by atoms with Crippen LogP contribution in [0.2, 0.25) is 0 Å². The highest BCUT2D eigenvalue weighted by Crippen LogP contribution is 2.20. The third-order valence-corrected chi connectivity index (χ3v) is 4.27. The van der Waals surface area contributed by atoms with E-state index in [0.717, 1.165) is 30.9 Å². The maximum Gasteiger partial charge on any atom is 0.247 e. The number of methoxy groups -OCH3 is 1. The van der Waals surface area contributed by atoms with Gasteiger partial charge in [0.15, 0.2) is 0 Å². The van der Waals surface area contributed by atoms with E-state index in [-0.39, 0.29) is 11.8 Å². The number of rotatable bonds is 5. The molecule has 0 atom stereocenters. The highest BCUT2D eigenvalue weighted by Gasteiger charge is 2.34. The molecule has 1 aromatic rings. The van der Waals surface area contributed by atoms with Gasteiger partial charge in [-0.05, 0) is 19.9 Å². The van der Waals surface area contributed by atoms with E-state index in [1.54, 1.807) is 21.0 Å². The molecule has 0 aliphatic carbocycles. The second-order valence-corrected chi connectivity index (χ2v) is 6.69. The van der Waals surface area contributed by atoms with Gasteiger partial charge in [-0.25, -0.2) is 0 Å². The highest BCUT2D eigenvalue weighted by atomic mass is 16.5. The molecule has 1 N–H and O–H groups in total. The molecule has 6 nitrogen and oxygen atoms in total. The third-order valence-electron chi connectivity index (χ3n) is 4.27. The molecule has 1 fully saturated rings. The number of carbonyl (C=O) groups is 2. The van der Waals surface area contributed by atoms with E-state index in [2.05, 4.69) is 16.3 Å². The maximum absolute atomic E-state index is 12.6. The zero-order chi connectivity index (χ0) is 17.7. The molecule has 1 aliphatic heterocycles. The zero-order valence-corrected chi connectivity index (χ0v) is 15.0. The molecule has 0 aromatic heterocycles. The minimum Gasteiger partial charge on any atom is -0.496 e. The summed E-state index contributed by atoms with van der Waals surface area (Å²) in [6.45, 7) is 8.67. The summed E-state index contributed by atoms with van der Waals surface area (Å²) in [5.41, 5.74) is 0.287. The van der Waals surface area contributed by atoms with Gasteiger partial charge in [-0.15, -0.1) is 0 Å². The number of nitrogens with zero attached hydrogens (tertiary/aromatic N) is 2. The summed E-state index contributed by atoms with van der Waals surface area (Å²) < 4.78 is 5.40. The van der Waals surface area contributed by atoms with Crippen LogP contribution in [0.15, 0.2) is 24.3 Å². The Kier molecular flexibility index (Phi) is 5.83. The molecule has 1 heterocycles. The normalized spacial score (nSPS) is 15.9. The average molecular weight is 333 g/mol. The van der Waals surface area contributed by atoms with Crippen LogP contribution in [0.25, 0.3) is 0 Å². The van der Waals surface area contributed by atoms with Crippen LogP contribution in [0.5, 0.6) is 5.75 Å². The number of hydrogen-bond donors (Lipinski definition) is 1. The van der Waals surface area contributed by atoms with Gasteiger partial charge in [-0.2, -0.15) is 0 Å². The van der Waals surface area contributed by atoms with Crippen molar-refractivity contribution >= 4 is 11.8 Å². The molecule has 24 heavy (non-hydrogen) atoms. The van der Waals surface area contributed by atoms with E-state index in [0.29, 0.717) is 13.1 Å². The number of amides is 2. The molecule has 1 aromatic carbocycles. The minimum atomic E-state index is -0.864. The first-order valence-corrected chi connectivity index (χ1v) is 8.26. The molecule has 0 unspecified atom stereocenters. The van der Waals surface area contributed by atoms with Crippen molar-refractivity contribution < 1.29 is 14.3 Å². The van der Waals surface area contributed by atoms with Gasteiger partial charge in [0.1, 0.15) is 11.3 Å². The first kappa shape index (κ1) is 18.3. The van der Waals surface area contributed by atoms with Crippen molar-refractivity contribution in [2.45, 2.75) is 32.9 Å². The SMILES string of the molecule is COc1ccccc1CN1CCN(C(=O)C(C)(C)NC(C)=O)CC1. The lowest BCUT2D eigenvalue weighted by atomic mass is 10.0. The molecule has 1 aliphatic rings. The molecule has 0 radical (unpaired) electrons. The fourth-order valence-electron chi connectivity index (χ4n) is 3.07. The Labute approximate surface area is 143 Å². The summed E-state index contributed by atoms with van der Waals surface area (Å²) in [5, 5.41) is 2.72. The van der Waals surface area contributed by atoms with E-state index in [9.17, 15) is 9.59 Å². The summed E-state index contributed by atoms with van der Waals surface area (Å²) in [6.07, 6.45) is 0. The number of hydrogen-bond acceptors (Lipinski definition) is 4. The molecule has 0 spiro atoms. The van der Waals surface area contributed by atoms with Gasteiger partial charge < -0.3 is 15.0 Å². The van der Waals surface area contributed by atoms with Crippen molar-refractivity contribution in [1.82, 2.24) is 15.1 Å². The Hall–Kier alpha value is -2.08. The van der Waals surface area contributed by atoms with Crippen LogP contribution in [0.3, 0.4) is 0 Å². The van der Waals surface area contributed by atoms with Crippen molar-refractivity contribution in [3.05, 3.63) is 29.8 Å². The molecule has 0 saturated carbocycles. The average Bonchev–Trinajstić information content (AvgIpc) is 2.54. The second-order valence-electron chi connectivity index (χ2n) is 6.69. The molecular weight excluding hydrogens is 306 g/mol. The third kappa shape index (κ3) is 4.47. The van der Waals surface area contributed by atoms with E-state index < -0.39 is 5.54 Å². The van der Waals surface area contributed by atoms with Crippen LogP contribution in [0.1, 0.15) is 26.3 Å². The van der Waals surface area contributed by atoms with Gasteiger partial charge in [0.2, 0.25) is 11.8 Å². The first-order valence-electron chi connectivity index (χ1n) is 8.26. The van der Waals surface area contributed by atoms with Crippen LogP contribution in [0, 0.1) is 0 Å². The molecular formula is C18H27N3O3. The second kappa shape index (κ2) is 7.66. The summed E-state index contributed by atoms with van der Waals surface area (Å²) in [6, 6.07) is 8.00. The van der Waals surface area contributed by atoms with E-state index in [1.165, 1.54) is 6.92 Å². The molecule has 2 amide bonds. The number of carbonyl (C=O) groups excluding carboxylic acids is 2. The smallest absolute Gasteiger partial charge is 0.247 e. The van der Waals surface area contributed by atoms with Crippen molar-refractivity contribution in [2.24, 2.45) is 0 Å². The molecule has 0 bridgehead atoms. The Balaban J connectivity index is 1.91. The van der Waals surface area contributed by atoms with Crippen molar-refractivity contribution in [2.75, 3.05) is 33.3 Å². The number of nitrogens with one attached hydrogen (secondary N) is 1. The van der Waals surface area contributed by atoms with E-state index >= 15 is 0 Å². The Morgan fingerprint density at radius 1 is 1.17 bits per heavy atom.